The zero-order valence-corrected chi connectivity index (χ0v) is 15.5. The molecule has 0 unspecified atom stereocenters. The number of rotatable bonds is 5. The van der Waals surface area contributed by atoms with E-state index in [1.54, 1.807) is 12.0 Å². The number of aryl methyl sites for hydroxylation is 1. The second-order valence-corrected chi connectivity index (χ2v) is 6.59. The Morgan fingerprint density at radius 1 is 1.36 bits per heavy atom. The van der Waals surface area contributed by atoms with Gasteiger partial charge in [0.15, 0.2) is 5.11 Å². The molecule has 0 bridgehead atoms. The maximum Gasteiger partial charge on any atom is 0.243 e. The van der Waals surface area contributed by atoms with Crippen molar-refractivity contribution in [3.63, 3.8) is 0 Å². The standard InChI is InChI=1S/C17H24N4O3S/c1-11-4-6-14(7-5-11)21-9-13(8-15(21)22)16(23)19-20-17(25)18-12(2)10-24-3/h4-7,12-13H,8-10H2,1-3H3,(H,19,23)(H2,18,20,25)/t12-,13-/m0/s1. The molecule has 1 aromatic carbocycles. The molecule has 2 rings (SSSR count). The Bertz CT molecular complexity index is 635. The largest absolute Gasteiger partial charge is 0.383 e. The van der Waals surface area contributed by atoms with Gasteiger partial charge in [-0.05, 0) is 38.2 Å². The number of nitrogens with zero attached hydrogens (tertiary/aromatic N) is 1. The van der Waals surface area contributed by atoms with Crippen LogP contribution in [0, 0.1) is 12.8 Å². The van der Waals surface area contributed by atoms with E-state index in [1.807, 2.05) is 38.1 Å². The van der Waals surface area contributed by atoms with E-state index in [-0.39, 0.29) is 24.3 Å². The molecular weight excluding hydrogens is 340 g/mol. The molecule has 1 aliphatic rings. The van der Waals surface area contributed by atoms with Crippen molar-refractivity contribution < 1.29 is 14.3 Å². The third-order valence-electron chi connectivity index (χ3n) is 3.93. The van der Waals surface area contributed by atoms with Gasteiger partial charge in [0, 0.05) is 31.8 Å². The van der Waals surface area contributed by atoms with Crippen LogP contribution in [0.1, 0.15) is 18.9 Å². The van der Waals surface area contributed by atoms with E-state index in [0.717, 1.165) is 11.3 Å². The van der Waals surface area contributed by atoms with Crippen LogP contribution in [0.25, 0.3) is 0 Å². The molecule has 1 saturated heterocycles. The van der Waals surface area contributed by atoms with Gasteiger partial charge in [-0.1, -0.05) is 17.7 Å². The van der Waals surface area contributed by atoms with Crippen LogP contribution < -0.4 is 21.1 Å². The Hall–Kier alpha value is -2.19. The summed E-state index contributed by atoms with van der Waals surface area (Å²) in [5.74, 6) is -0.731. The number of hydrazine groups is 1. The fraction of sp³-hybridized carbons (Fsp3) is 0.471. The van der Waals surface area contributed by atoms with Gasteiger partial charge in [0.05, 0.1) is 12.5 Å². The molecule has 136 valence electrons. The van der Waals surface area contributed by atoms with E-state index in [9.17, 15) is 9.59 Å². The number of methoxy groups -OCH3 is 1. The van der Waals surface area contributed by atoms with E-state index >= 15 is 0 Å². The second-order valence-electron chi connectivity index (χ2n) is 6.19. The minimum absolute atomic E-state index is 0.0204. The van der Waals surface area contributed by atoms with Crippen molar-refractivity contribution in [1.82, 2.24) is 16.2 Å². The van der Waals surface area contributed by atoms with Crippen molar-refractivity contribution in [3.05, 3.63) is 29.8 Å². The Balaban J connectivity index is 1.84. The SMILES string of the molecule is COC[C@H](C)NC(=S)NNC(=O)[C@H]1CC(=O)N(c2ccc(C)cc2)C1. The van der Waals surface area contributed by atoms with Gasteiger partial charge >= 0.3 is 0 Å². The minimum Gasteiger partial charge on any atom is -0.383 e. The van der Waals surface area contributed by atoms with E-state index in [0.29, 0.717) is 18.3 Å². The van der Waals surface area contributed by atoms with Gasteiger partial charge in [-0.3, -0.25) is 20.4 Å². The summed E-state index contributed by atoms with van der Waals surface area (Å²) >= 11 is 5.10. The quantitative estimate of drug-likeness (QED) is 0.531. The number of thiocarbonyl (C=S) groups is 1. The fourth-order valence-corrected chi connectivity index (χ4v) is 2.88. The summed E-state index contributed by atoms with van der Waals surface area (Å²) < 4.78 is 5.00. The molecular formula is C17H24N4O3S. The first-order valence-corrected chi connectivity index (χ1v) is 8.54. The van der Waals surface area contributed by atoms with Crippen LogP contribution in [0.2, 0.25) is 0 Å². The van der Waals surface area contributed by atoms with Gasteiger partial charge in [-0.25, -0.2) is 0 Å². The topological polar surface area (TPSA) is 82.7 Å². The van der Waals surface area contributed by atoms with Crippen LogP contribution >= 0.6 is 12.2 Å². The lowest BCUT2D eigenvalue weighted by molar-refractivity contribution is -0.126. The minimum atomic E-state index is -0.416. The van der Waals surface area contributed by atoms with Crippen molar-refractivity contribution in [1.29, 1.82) is 0 Å². The van der Waals surface area contributed by atoms with Crippen LogP contribution in [-0.4, -0.2) is 43.2 Å². The van der Waals surface area contributed by atoms with Gasteiger partial charge in [0.1, 0.15) is 0 Å². The Morgan fingerprint density at radius 3 is 2.68 bits per heavy atom. The maximum absolute atomic E-state index is 12.3. The summed E-state index contributed by atoms with van der Waals surface area (Å²) in [5, 5.41) is 3.28. The highest BCUT2D eigenvalue weighted by molar-refractivity contribution is 7.80. The molecule has 0 aromatic heterocycles. The molecule has 7 nitrogen and oxygen atoms in total. The molecule has 8 heteroatoms. The summed E-state index contributed by atoms with van der Waals surface area (Å²) in [4.78, 5) is 26.1. The van der Waals surface area contributed by atoms with Crippen LogP contribution in [0.15, 0.2) is 24.3 Å². The second kappa shape index (κ2) is 8.77. The molecule has 2 amide bonds. The van der Waals surface area contributed by atoms with Gasteiger partial charge < -0.3 is 15.0 Å². The first kappa shape index (κ1) is 19.1. The molecule has 0 saturated carbocycles. The van der Waals surface area contributed by atoms with Gasteiger partial charge in [0.2, 0.25) is 11.8 Å². The van der Waals surface area contributed by atoms with Crippen molar-refractivity contribution in [2.24, 2.45) is 5.92 Å². The summed E-state index contributed by atoms with van der Waals surface area (Å²) in [5.41, 5.74) is 7.15. The number of amides is 2. The Labute approximate surface area is 153 Å². The molecule has 0 spiro atoms. The molecule has 3 N–H and O–H groups in total. The Kier molecular flexibility index (Phi) is 6.72. The van der Waals surface area contributed by atoms with E-state index in [2.05, 4.69) is 16.2 Å². The van der Waals surface area contributed by atoms with Crippen LogP contribution in [0.4, 0.5) is 5.69 Å². The lowest BCUT2D eigenvalue weighted by Gasteiger charge is -2.18. The lowest BCUT2D eigenvalue weighted by Crippen LogP contribution is -2.51. The van der Waals surface area contributed by atoms with Crippen molar-refractivity contribution in [3.8, 4) is 0 Å². The molecule has 25 heavy (non-hydrogen) atoms. The lowest BCUT2D eigenvalue weighted by atomic mass is 10.1. The molecule has 0 radical (unpaired) electrons. The third kappa shape index (κ3) is 5.40. The number of anilines is 1. The molecule has 1 fully saturated rings. The average molecular weight is 364 g/mol. The summed E-state index contributed by atoms with van der Waals surface area (Å²) in [6.45, 7) is 4.75. The van der Waals surface area contributed by atoms with Crippen LogP contribution in [0.3, 0.4) is 0 Å². The molecule has 1 aromatic rings. The van der Waals surface area contributed by atoms with E-state index in [4.69, 9.17) is 17.0 Å². The number of hydrogen-bond acceptors (Lipinski definition) is 4. The number of ether oxygens (including phenoxy) is 1. The maximum atomic E-state index is 12.3. The van der Waals surface area contributed by atoms with Crippen LogP contribution in [-0.2, 0) is 14.3 Å². The predicted molar refractivity (Wildman–Crippen MR) is 100.0 cm³/mol. The number of carbonyl (C=O) groups is 2. The smallest absolute Gasteiger partial charge is 0.243 e. The fourth-order valence-electron chi connectivity index (χ4n) is 2.63. The van der Waals surface area contributed by atoms with Gasteiger partial charge in [0.25, 0.3) is 0 Å². The first-order chi connectivity index (χ1) is 11.9. The molecule has 1 aliphatic heterocycles. The molecule has 2 atom stereocenters. The average Bonchev–Trinajstić information content (AvgIpc) is 2.95. The zero-order chi connectivity index (χ0) is 18.4. The van der Waals surface area contributed by atoms with Crippen molar-refractivity contribution >= 4 is 34.8 Å². The van der Waals surface area contributed by atoms with Gasteiger partial charge in [-0.2, -0.15) is 0 Å². The highest BCUT2D eigenvalue weighted by atomic mass is 32.1. The summed E-state index contributed by atoms with van der Waals surface area (Å²) in [7, 11) is 1.60. The number of nitrogens with one attached hydrogen (secondary N) is 3. The Morgan fingerprint density at radius 2 is 2.04 bits per heavy atom. The number of hydrogen-bond donors (Lipinski definition) is 3. The monoisotopic (exact) mass is 364 g/mol. The highest BCUT2D eigenvalue weighted by Gasteiger charge is 2.35. The zero-order valence-electron chi connectivity index (χ0n) is 14.7. The van der Waals surface area contributed by atoms with Crippen molar-refractivity contribution in [2.45, 2.75) is 26.3 Å². The summed E-state index contributed by atoms with van der Waals surface area (Å²) in [6.07, 6.45) is 0.182. The van der Waals surface area contributed by atoms with Crippen LogP contribution in [0.5, 0.6) is 0 Å². The molecule has 0 aliphatic carbocycles. The highest BCUT2D eigenvalue weighted by Crippen LogP contribution is 2.25. The van der Waals surface area contributed by atoms with E-state index < -0.39 is 5.92 Å². The van der Waals surface area contributed by atoms with Crippen molar-refractivity contribution in [2.75, 3.05) is 25.2 Å². The predicted octanol–water partition coefficient (Wildman–Crippen LogP) is 0.878. The third-order valence-corrected chi connectivity index (χ3v) is 4.15. The number of carbonyl (C=O) groups excluding carboxylic acids is 2. The molecule has 1 heterocycles. The summed E-state index contributed by atoms with van der Waals surface area (Å²) in [6, 6.07) is 7.70. The van der Waals surface area contributed by atoms with E-state index in [1.165, 1.54) is 0 Å². The van der Waals surface area contributed by atoms with Gasteiger partial charge in [-0.15, -0.1) is 0 Å². The number of benzene rings is 1. The normalized spacial score (nSPS) is 18.0. The first-order valence-electron chi connectivity index (χ1n) is 8.13.